The molecule has 1 aromatic rings. The highest BCUT2D eigenvalue weighted by atomic mass is 32.2. The Morgan fingerprint density at radius 3 is 2.68 bits per heavy atom. The van der Waals surface area contributed by atoms with Gasteiger partial charge < -0.3 is 9.84 Å². The number of methoxy groups -OCH3 is 1. The monoisotopic (exact) mass is 336 g/mol. The van der Waals surface area contributed by atoms with Crippen LogP contribution in [0.1, 0.15) is 6.42 Å². The zero-order valence-corrected chi connectivity index (χ0v) is 12.4. The number of carbonyl (C=O) groups is 1. The summed E-state index contributed by atoms with van der Waals surface area (Å²) in [5, 5.41) is 8.91. The van der Waals surface area contributed by atoms with Gasteiger partial charge in [-0.25, -0.2) is 22.2 Å². The minimum absolute atomic E-state index is 0.173. The number of sulfonamides is 1. The molecule has 0 saturated carbocycles. The zero-order chi connectivity index (χ0) is 16.5. The second-order valence-corrected chi connectivity index (χ2v) is 6.87. The number of hydrogen-bond acceptors (Lipinski definition) is 5. The van der Waals surface area contributed by atoms with Crippen molar-refractivity contribution in [2.45, 2.75) is 17.2 Å². The van der Waals surface area contributed by atoms with Crippen molar-refractivity contribution in [1.82, 2.24) is 9.29 Å². The van der Waals surface area contributed by atoms with Gasteiger partial charge in [-0.1, -0.05) is 0 Å². The summed E-state index contributed by atoms with van der Waals surface area (Å²) in [5.74, 6) is -6.13. The number of nitrogens with zero attached hydrogens (tertiary/aromatic N) is 2. The number of carboxylic acids is 1. The van der Waals surface area contributed by atoms with Gasteiger partial charge in [0.25, 0.3) is 5.92 Å². The Kier molecular flexibility index (Phi) is 4.34. The maximum atomic E-state index is 13.6. The first kappa shape index (κ1) is 16.6. The Morgan fingerprint density at radius 1 is 1.50 bits per heavy atom. The number of alkyl halides is 2. The highest BCUT2D eigenvalue weighted by Gasteiger charge is 2.47. The molecular weight excluding hydrogens is 322 g/mol. The average molecular weight is 336 g/mol. The van der Waals surface area contributed by atoms with Gasteiger partial charge in [-0.15, -0.1) is 0 Å². The van der Waals surface area contributed by atoms with Crippen molar-refractivity contribution in [3.63, 3.8) is 0 Å². The van der Waals surface area contributed by atoms with Gasteiger partial charge in [-0.05, 0) is 6.07 Å². The summed E-state index contributed by atoms with van der Waals surface area (Å²) in [6, 6.07) is 2.45. The minimum atomic E-state index is -4.25. The molecule has 22 heavy (non-hydrogen) atoms. The van der Waals surface area contributed by atoms with E-state index in [4.69, 9.17) is 9.84 Å². The standard InChI is InChI=1S/C12H14F2N2O5S/c1-21-10-3-2-9(5-15-10)22(19,20)16-6-8(11(17)18)4-12(13,14)7-16/h2-3,5,8H,4,6-7H2,1H3,(H,17,18). The predicted molar refractivity (Wildman–Crippen MR) is 70.2 cm³/mol. The van der Waals surface area contributed by atoms with Crippen LogP contribution in [0.5, 0.6) is 5.88 Å². The van der Waals surface area contributed by atoms with E-state index in [1.165, 1.54) is 19.2 Å². The van der Waals surface area contributed by atoms with E-state index in [2.05, 4.69) is 4.98 Å². The third kappa shape index (κ3) is 3.33. The van der Waals surface area contributed by atoms with Crippen molar-refractivity contribution in [3.05, 3.63) is 18.3 Å². The first-order valence-corrected chi connectivity index (χ1v) is 7.70. The summed E-state index contributed by atoms with van der Waals surface area (Å²) in [5.41, 5.74) is 0. The Hall–Kier alpha value is -1.81. The Labute approximate surface area is 125 Å². The lowest BCUT2D eigenvalue weighted by Crippen LogP contribution is -2.51. The highest BCUT2D eigenvalue weighted by molar-refractivity contribution is 7.89. The number of piperidine rings is 1. The quantitative estimate of drug-likeness (QED) is 0.874. The number of rotatable bonds is 4. The van der Waals surface area contributed by atoms with Crippen LogP contribution >= 0.6 is 0 Å². The smallest absolute Gasteiger partial charge is 0.308 e. The van der Waals surface area contributed by atoms with Gasteiger partial charge >= 0.3 is 5.97 Å². The van der Waals surface area contributed by atoms with E-state index in [-0.39, 0.29) is 10.8 Å². The Morgan fingerprint density at radius 2 is 2.18 bits per heavy atom. The van der Waals surface area contributed by atoms with Gasteiger partial charge in [0.2, 0.25) is 15.9 Å². The molecule has 0 spiro atoms. The average Bonchev–Trinajstić information content (AvgIpc) is 2.45. The molecule has 0 bridgehead atoms. The topological polar surface area (TPSA) is 96.8 Å². The number of aliphatic carboxylic acids is 1. The van der Waals surface area contributed by atoms with Gasteiger partial charge in [0.15, 0.2) is 0 Å². The van der Waals surface area contributed by atoms with Gasteiger partial charge in [0, 0.05) is 19.0 Å². The molecule has 2 heterocycles. The third-order valence-corrected chi connectivity index (χ3v) is 5.08. The fraction of sp³-hybridized carbons (Fsp3) is 0.500. The van der Waals surface area contributed by atoms with E-state index in [1.807, 2.05) is 0 Å². The van der Waals surface area contributed by atoms with E-state index >= 15 is 0 Å². The van der Waals surface area contributed by atoms with Crippen LogP contribution in [-0.4, -0.2) is 54.9 Å². The molecular formula is C12H14F2N2O5S. The summed E-state index contributed by atoms with van der Waals surface area (Å²) in [6.45, 7) is -1.55. The summed E-state index contributed by atoms with van der Waals surface area (Å²) < 4.78 is 57.2. The fourth-order valence-electron chi connectivity index (χ4n) is 2.20. The molecule has 0 aromatic carbocycles. The first-order valence-electron chi connectivity index (χ1n) is 6.26. The Balaban J connectivity index is 2.32. The van der Waals surface area contributed by atoms with E-state index in [0.29, 0.717) is 4.31 Å². The van der Waals surface area contributed by atoms with Crippen LogP contribution in [0, 0.1) is 5.92 Å². The van der Waals surface area contributed by atoms with E-state index < -0.39 is 47.3 Å². The summed E-state index contributed by atoms with van der Waals surface area (Å²) >= 11 is 0. The van der Waals surface area contributed by atoms with Crippen molar-refractivity contribution in [2.75, 3.05) is 20.2 Å². The molecule has 1 aliphatic heterocycles. The normalized spacial score (nSPS) is 22.2. The molecule has 2 rings (SSSR count). The number of hydrogen-bond donors (Lipinski definition) is 1. The van der Waals surface area contributed by atoms with E-state index in [9.17, 15) is 22.0 Å². The first-order chi connectivity index (χ1) is 10.2. The molecule has 7 nitrogen and oxygen atoms in total. The van der Waals surface area contributed by atoms with Crippen LogP contribution in [0.15, 0.2) is 23.2 Å². The predicted octanol–water partition coefficient (Wildman–Crippen LogP) is 0.821. The van der Waals surface area contributed by atoms with Crippen LogP contribution in [-0.2, 0) is 14.8 Å². The molecule has 0 aliphatic carbocycles. The Bertz CT molecular complexity index is 663. The molecule has 122 valence electrons. The number of aromatic nitrogens is 1. The summed E-state index contributed by atoms with van der Waals surface area (Å²) in [6.07, 6.45) is 0.103. The number of carboxylic acid groups (broad SMARTS) is 1. The van der Waals surface area contributed by atoms with Gasteiger partial charge in [0.1, 0.15) is 4.90 Å². The van der Waals surface area contributed by atoms with Gasteiger partial charge in [0.05, 0.1) is 25.8 Å². The SMILES string of the molecule is COc1ccc(S(=O)(=O)N2CC(C(=O)O)CC(F)(F)C2)cn1. The van der Waals surface area contributed by atoms with Crippen molar-refractivity contribution >= 4 is 16.0 Å². The molecule has 1 aromatic heterocycles. The van der Waals surface area contributed by atoms with Crippen molar-refractivity contribution in [1.29, 1.82) is 0 Å². The lowest BCUT2D eigenvalue weighted by atomic mass is 9.97. The minimum Gasteiger partial charge on any atom is -0.481 e. The van der Waals surface area contributed by atoms with Crippen molar-refractivity contribution < 1.29 is 31.8 Å². The highest BCUT2D eigenvalue weighted by Crippen LogP contribution is 2.33. The largest absolute Gasteiger partial charge is 0.481 e. The maximum absolute atomic E-state index is 13.6. The fourth-order valence-corrected chi connectivity index (χ4v) is 3.65. The molecule has 10 heteroatoms. The second kappa shape index (κ2) is 5.76. The lowest BCUT2D eigenvalue weighted by molar-refractivity contribution is -0.150. The molecule has 1 unspecified atom stereocenters. The van der Waals surface area contributed by atoms with Crippen LogP contribution in [0.3, 0.4) is 0 Å². The molecule has 0 amide bonds. The van der Waals surface area contributed by atoms with Crippen LogP contribution < -0.4 is 4.74 Å². The van der Waals surface area contributed by atoms with E-state index in [0.717, 1.165) is 6.20 Å². The van der Waals surface area contributed by atoms with E-state index in [1.54, 1.807) is 0 Å². The maximum Gasteiger partial charge on any atom is 0.308 e. The van der Waals surface area contributed by atoms with Gasteiger partial charge in [-0.2, -0.15) is 4.31 Å². The van der Waals surface area contributed by atoms with Crippen molar-refractivity contribution in [2.24, 2.45) is 5.92 Å². The molecule has 1 aliphatic rings. The molecule has 0 radical (unpaired) electrons. The molecule has 1 atom stereocenters. The van der Waals surface area contributed by atoms with Gasteiger partial charge in [-0.3, -0.25) is 4.79 Å². The second-order valence-electron chi connectivity index (χ2n) is 4.93. The van der Waals surface area contributed by atoms with Crippen LogP contribution in [0.25, 0.3) is 0 Å². The summed E-state index contributed by atoms with van der Waals surface area (Å²) in [7, 11) is -2.91. The van der Waals surface area contributed by atoms with Crippen LogP contribution in [0.4, 0.5) is 8.78 Å². The molecule has 1 fully saturated rings. The zero-order valence-electron chi connectivity index (χ0n) is 11.6. The molecule has 1 saturated heterocycles. The number of pyridine rings is 1. The number of halogens is 2. The lowest BCUT2D eigenvalue weighted by Gasteiger charge is -2.34. The van der Waals surface area contributed by atoms with Crippen LogP contribution in [0.2, 0.25) is 0 Å². The third-order valence-electron chi connectivity index (χ3n) is 3.28. The molecule has 1 N–H and O–H groups in total. The summed E-state index contributed by atoms with van der Waals surface area (Å²) in [4.78, 5) is 14.4. The van der Waals surface area contributed by atoms with Crippen molar-refractivity contribution in [3.8, 4) is 5.88 Å². The number of ether oxygens (including phenoxy) is 1.